The number of piperazine rings is 1. The van der Waals surface area contributed by atoms with Gasteiger partial charge in [-0.1, -0.05) is 30.7 Å². The van der Waals surface area contributed by atoms with Crippen LogP contribution in [-0.4, -0.2) is 68.7 Å². The molecular formula is C24H26ClN5O3. The van der Waals surface area contributed by atoms with Crippen LogP contribution in [0.1, 0.15) is 41.2 Å². The Morgan fingerprint density at radius 2 is 1.94 bits per heavy atom. The zero-order valence-corrected chi connectivity index (χ0v) is 19.4. The Kier molecular flexibility index (Phi) is 6.93. The standard InChI is InChI=1S/C24H26ClN5O3/c1-3-12-33-21-9-4-6-18(13-21)23(31)28-10-11-29(17(2)15-28)24(32)22-26-16-30(27-22)20-8-5-7-19(25)14-20/h4-9,13-14,16-17H,3,10-12,15H2,1-2H3. The largest absolute Gasteiger partial charge is 0.494 e. The number of rotatable bonds is 6. The summed E-state index contributed by atoms with van der Waals surface area (Å²) in [5.41, 5.74) is 1.31. The molecule has 0 bridgehead atoms. The molecule has 2 amide bonds. The first-order valence-corrected chi connectivity index (χ1v) is 11.3. The van der Waals surface area contributed by atoms with Crippen molar-refractivity contribution in [1.82, 2.24) is 24.6 Å². The van der Waals surface area contributed by atoms with Crippen LogP contribution in [0.25, 0.3) is 5.69 Å². The van der Waals surface area contributed by atoms with Crippen molar-refractivity contribution in [2.24, 2.45) is 0 Å². The molecule has 1 saturated heterocycles. The third-order valence-electron chi connectivity index (χ3n) is 5.49. The van der Waals surface area contributed by atoms with E-state index < -0.39 is 0 Å². The predicted octanol–water partition coefficient (Wildman–Crippen LogP) is 3.70. The van der Waals surface area contributed by atoms with E-state index in [1.54, 1.807) is 34.1 Å². The molecule has 1 fully saturated rings. The molecule has 8 nitrogen and oxygen atoms in total. The van der Waals surface area contributed by atoms with Gasteiger partial charge < -0.3 is 14.5 Å². The van der Waals surface area contributed by atoms with Gasteiger partial charge in [-0.3, -0.25) is 9.59 Å². The Labute approximate surface area is 197 Å². The van der Waals surface area contributed by atoms with Crippen LogP contribution in [0.15, 0.2) is 54.9 Å². The van der Waals surface area contributed by atoms with Gasteiger partial charge in [0.1, 0.15) is 12.1 Å². The van der Waals surface area contributed by atoms with Crippen LogP contribution in [0.2, 0.25) is 5.02 Å². The van der Waals surface area contributed by atoms with E-state index in [1.807, 2.05) is 38.1 Å². The summed E-state index contributed by atoms with van der Waals surface area (Å²) in [5, 5.41) is 4.90. The van der Waals surface area contributed by atoms with Crippen molar-refractivity contribution in [3.05, 3.63) is 71.3 Å². The second kappa shape index (κ2) is 10.0. The fourth-order valence-corrected chi connectivity index (χ4v) is 3.98. The Morgan fingerprint density at radius 1 is 1.12 bits per heavy atom. The van der Waals surface area contributed by atoms with E-state index in [-0.39, 0.29) is 23.7 Å². The lowest BCUT2D eigenvalue weighted by Gasteiger charge is -2.39. The maximum absolute atomic E-state index is 13.1. The van der Waals surface area contributed by atoms with Crippen molar-refractivity contribution >= 4 is 23.4 Å². The number of carbonyl (C=O) groups excluding carboxylic acids is 2. The molecule has 2 aromatic carbocycles. The molecule has 0 saturated carbocycles. The minimum absolute atomic E-state index is 0.0701. The SMILES string of the molecule is CCCOc1cccc(C(=O)N2CCN(C(=O)c3ncn(-c4cccc(Cl)c4)n3)C(C)C2)c1. The minimum atomic E-state index is -0.259. The number of hydrogen-bond donors (Lipinski definition) is 0. The topological polar surface area (TPSA) is 80.6 Å². The summed E-state index contributed by atoms with van der Waals surface area (Å²) in [4.78, 5) is 33.8. The first kappa shape index (κ1) is 22.8. The molecule has 0 N–H and O–H groups in total. The van der Waals surface area contributed by atoms with Crippen molar-refractivity contribution in [3.8, 4) is 11.4 Å². The molecule has 172 valence electrons. The van der Waals surface area contributed by atoms with E-state index in [9.17, 15) is 9.59 Å². The molecular weight excluding hydrogens is 442 g/mol. The average Bonchev–Trinajstić information content (AvgIpc) is 3.32. The monoisotopic (exact) mass is 467 g/mol. The molecule has 2 heterocycles. The molecule has 3 aromatic rings. The minimum Gasteiger partial charge on any atom is -0.494 e. The molecule has 9 heteroatoms. The zero-order valence-electron chi connectivity index (χ0n) is 18.6. The fourth-order valence-electron chi connectivity index (χ4n) is 3.80. The first-order chi connectivity index (χ1) is 16.0. The third kappa shape index (κ3) is 5.17. The summed E-state index contributed by atoms with van der Waals surface area (Å²) >= 11 is 6.04. The maximum atomic E-state index is 13.1. The summed E-state index contributed by atoms with van der Waals surface area (Å²) in [6, 6.07) is 14.2. The number of benzene rings is 2. The Balaban J connectivity index is 1.41. The van der Waals surface area contributed by atoms with Gasteiger partial charge in [0.15, 0.2) is 0 Å². The summed E-state index contributed by atoms with van der Waals surface area (Å²) in [5.74, 6) is 0.470. The van der Waals surface area contributed by atoms with Gasteiger partial charge in [0.2, 0.25) is 5.82 Å². The molecule has 1 aliphatic heterocycles. The molecule has 1 aromatic heterocycles. The molecule has 0 radical (unpaired) electrons. The van der Waals surface area contributed by atoms with E-state index in [0.717, 1.165) is 12.1 Å². The van der Waals surface area contributed by atoms with Crippen molar-refractivity contribution in [1.29, 1.82) is 0 Å². The molecule has 1 aliphatic rings. The molecule has 0 spiro atoms. The van der Waals surface area contributed by atoms with Crippen molar-refractivity contribution < 1.29 is 14.3 Å². The molecule has 1 unspecified atom stereocenters. The summed E-state index contributed by atoms with van der Waals surface area (Å²) < 4.78 is 7.17. The van der Waals surface area contributed by atoms with Gasteiger partial charge in [0, 0.05) is 36.3 Å². The zero-order chi connectivity index (χ0) is 23.4. The highest BCUT2D eigenvalue weighted by atomic mass is 35.5. The second-order valence-corrected chi connectivity index (χ2v) is 8.40. The average molecular weight is 468 g/mol. The highest BCUT2D eigenvalue weighted by Gasteiger charge is 2.32. The van der Waals surface area contributed by atoms with Gasteiger partial charge in [0.05, 0.1) is 12.3 Å². The van der Waals surface area contributed by atoms with Crippen LogP contribution in [0.5, 0.6) is 5.75 Å². The molecule has 4 rings (SSSR count). The number of amides is 2. The van der Waals surface area contributed by atoms with Crippen LogP contribution in [-0.2, 0) is 0 Å². The number of aromatic nitrogens is 3. The number of hydrogen-bond acceptors (Lipinski definition) is 5. The summed E-state index contributed by atoms with van der Waals surface area (Å²) in [6.45, 7) is 5.84. The highest BCUT2D eigenvalue weighted by molar-refractivity contribution is 6.30. The lowest BCUT2D eigenvalue weighted by atomic mass is 10.1. The van der Waals surface area contributed by atoms with Crippen LogP contribution in [0.3, 0.4) is 0 Å². The smallest absolute Gasteiger partial charge is 0.293 e. The maximum Gasteiger partial charge on any atom is 0.293 e. The Bertz CT molecular complexity index is 1150. The van der Waals surface area contributed by atoms with Crippen LogP contribution in [0, 0.1) is 0 Å². The van der Waals surface area contributed by atoms with Gasteiger partial charge in [-0.25, -0.2) is 9.67 Å². The van der Waals surface area contributed by atoms with Gasteiger partial charge >= 0.3 is 0 Å². The lowest BCUT2D eigenvalue weighted by Crippen LogP contribution is -2.55. The number of nitrogens with zero attached hydrogens (tertiary/aromatic N) is 5. The summed E-state index contributed by atoms with van der Waals surface area (Å²) in [7, 11) is 0. The van der Waals surface area contributed by atoms with E-state index in [2.05, 4.69) is 10.1 Å². The number of carbonyl (C=O) groups is 2. The van der Waals surface area contributed by atoms with E-state index in [4.69, 9.17) is 16.3 Å². The Morgan fingerprint density at radius 3 is 2.70 bits per heavy atom. The van der Waals surface area contributed by atoms with Crippen molar-refractivity contribution in [2.45, 2.75) is 26.3 Å². The van der Waals surface area contributed by atoms with Gasteiger partial charge in [-0.05, 0) is 49.7 Å². The van der Waals surface area contributed by atoms with Crippen LogP contribution in [0.4, 0.5) is 0 Å². The van der Waals surface area contributed by atoms with Gasteiger partial charge in [0.25, 0.3) is 11.8 Å². The lowest BCUT2D eigenvalue weighted by molar-refractivity contribution is 0.0407. The highest BCUT2D eigenvalue weighted by Crippen LogP contribution is 2.19. The second-order valence-electron chi connectivity index (χ2n) is 7.97. The molecule has 0 aliphatic carbocycles. The number of halogens is 1. The summed E-state index contributed by atoms with van der Waals surface area (Å²) in [6.07, 6.45) is 2.40. The van der Waals surface area contributed by atoms with Crippen molar-refractivity contribution in [2.75, 3.05) is 26.2 Å². The molecule has 1 atom stereocenters. The fraction of sp³-hybridized carbons (Fsp3) is 0.333. The van der Waals surface area contributed by atoms with Gasteiger partial charge in [-0.2, -0.15) is 0 Å². The van der Waals surface area contributed by atoms with Crippen LogP contribution >= 0.6 is 11.6 Å². The van der Waals surface area contributed by atoms with Gasteiger partial charge in [-0.15, -0.1) is 5.10 Å². The first-order valence-electron chi connectivity index (χ1n) is 11.0. The molecule has 33 heavy (non-hydrogen) atoms. The predicted molar refractivity (Wildman–Crippen MR) is 125 cm³/mol. The van der Waals surface area contributed by atoms with E-state index in [0.29, 0.717) is 42.6 Å². The normalized spacial score (nSPS) is 16.0. The van der Waals surface area contributed by atoms with Crippen molar-refractivity contribution in [3.63, 3.8) is 0 Å². The quantitative estimate of drug-likeness (QED) is 0.552. The van der Waals surface area contributed by atoms with Crippen LogP contribution < -0.4 is 4.74 Å². The van der Waals surface area contributed by atoms with E-state index in [1.165, 1.54) is 11.0 Å². The van der Waals surface area contributed by atoms with E-state index >= 15 is 0 Å². The third-order valence-corrected chi connectivity index (χ3v) is 5.72. The Hall–Kier alpha value is -3.39. The number of ether oxygens (including phenoxy) is 1.